The normalized spacial score (nSPS) is 12.0. The molecule has 3 heteroatoms. The second kappa shape index (κ2) is 12.5. The van der Waals surface area contributed by atoms with Crippen molar-refractivity contribution < 1.29 is 4.43 Å². The highest BCUT2D eigenvalue weighted by molar-refractivity contribution is 6.71. The number of alkyl halides is 1. The minimum absolute atomic E-state index is 0.833. The third-order valence-electron chi connectivity index (χ3n) is 3.45. The van der Waals surface area contributed by atoms with Crippen LogP contribution in [0.5, 0.6) is 0 Å². The molecule has 0 bridgehead atoms. The topological polar surface area (TPSA) is 9.23 Å². The summed E-state index contributed by atoms with van der Waals surface area (Å²) >= 11 is 5.65. The Labute approximate surface area is 121 Å². The van der Waals surface area contributed by atoms with Gasteiger partial charge >= 0.3 is 0 Å². The quantitative estimate of drug-likeness (QED) is 0.230. The molecule has 0 radical (unpaired) electrons. The largest absolute Gasteiger partial charge is 0.418 e. The molecule has 0 spiro atoms. The second-order valence-electron chi connectivity index (χ2n) is 5.81. The van der Waals surface area contributed by atoms with Crippen LogP contribution < -0.4 is 0 Å². The minimum Gasteiger partial charge on any atom is -0.418 e. The Morgan fingerprint density at radius 3 is 1.67 bits per heavy atom. The van der Waals surface area contributed by atoms with Gasteiger partial charge in [0.15, 0.2) is 8.32 Å². The Hall–Kier alpha value is 0.467. The highest BCUT2D eigenvalue weighted by atomic mass is 35.5. The molecule has 0 saturated carbocycles. The Morgan fingerprint density at radius 1 is 0.778 bits per heavy atom. The third-order valence-corrected chi connectivity index (χ3v) is 6.34. The van der Waals surface area contributed by atoms with Gasteiger partial charge in [0, 0.05) is 12.5 Å². The molecule has 0 aliphatic rings. The summed E-state index contributed by atoms with van der Waals surface area (Å²) in [6.07, 6.45) is 12.3. The zero-order valence-corrected chi connectivity index (χ0v) is 14.5. The summed E-state index contributed by atoms with van der Waals surface area (Å²) in [4.78, 5) is 0. The van der Waals surface area contributed by atoms with Gasteiger partial charge in [-0.25, -0.2) is 0 Å². The molecular weight excluding hydrogens is 260 g/mol. The van der Waals surface area contributed by atoms with Gasteiger partial charge in [0.05, 0.1) is 0 Å². The highest BCUT2D eigenvalue weighted by Gasteiger charge is 2.20. The zero-order chi connectivity index (χ0) is 13.7. The summed E-state index contributed by atoms with van der Waals surface area (Å²) in [5.41, 5.74) is 0. The molecule has 0 unspecified atom stereocenters. The molecule has 0 aromatic heterocycles. The fourth-order valence-corrected chi connectivity index (χ4v) is 4.56. The first kappa shape index (κ1) is 18.5. The van der Waals surface area contributed by atoms with Crippen molar-refractivity contribution in [2.45, 2.75) is 83.8 Å². The lowest BCUT2D eigenvalue weighted by Gasteiger charge is -2.21. The number of unbranched alkanes of at least 4 members (excludes halogenated alkanes) is 8. The molecule has 0 heterocycles. The first-order valence-corrected chi connectivity index (χ1v) is 11.5. The average Bonchev–Trinajstić information content (AvgIpc) is 2.31. The molecule has 0 N–H and O–H groups in total. The van der Waals surface area contributed by atoms with Gasteiger partial charge in [-0.2, -0.15) is 0 Å². The predicted octanol–water partition coefficient (Wildman–Crippen LogP) is 5.98. The Bertz CT molecular complexity index is 174. The molecule has 0 saturated heterocycles. The molecule has 18 heavy (non-hydrogen) atoms. The van der Waals surface area contributed by atoms with Crippen LogP contribution in [-0.2, 0) is 4.43 Å². The van der Waals surface area contributed by atoms with Gasteiger partial charge in [-0.3, -0.25) is 0 Å². The van der Waals surface area contributed by atoms with Crippen molar-refractivity contribution in [3.05, 3.63) is 0 Å². The van der Waals surface area contributed by atoms with Gasteiger partial charge in [-0.1, -0.05) is 51.4 Å². The maximum absolute atomic E-state index is 5.84. The van der Waals surface area contributed by atoms with E-state index < -0.39 is 8.32 Å². The molecule has 0 aliphatic heterocycles. The monoisotopic (exact) mass is 292 g/mol. The van der Waals surface area contributed by atoms with Crippen LogP contribution in [0.2, 0.25) is 19.1 Å². The van der Waals surface area contributed by atoms with Gasteiger partial charge in [0.1, 0.15) is 0 Å². The van der Waals surface area contributed by atoms with Crippen LogP contribution >= 0.6 is 11.6 Å². The van der Waals surface area contributed by atoms with Crippen molar-refractivity contribution in [2.24, 2.45) is 0 Å². The summed E-state index contributed by atoms with van der Waals surface area (Å²) in [6, 6.07) is 1.33. The first-order chi connectivity index (χ1) is 8.62. The summed E-state index contributed by atoms with van der Waals surface area (Å²) in [7, 11) is -1.31. The van der Waals surface area contributed by atoms with E-state index in [4.69, 9.17) is 16.0 Å². The van der Waals surface area contributed by atoms with E-state index in [1.54, 1.807) is 0 Å². The fraction of sp³-hybridized carbons (Fsp3) is 1.00. The molecule has 0 rings (SSSR count). The first-order valence-electron chi connectivity index (χ1n) is 7.82. The van der Waals surface area contributed by atoms with E-state index in [9.17, 15) is 0 Å². The van der Waals surface area contributed by atoms with Crippen LogP contribution in [-0.4, -0.2) is 20.8 Å². The second-order valence-corrected chi connectivity index (χ2v) is 10.5. The molecule has 0 aromatic carbocycles. The molecule has 0 aliphatic carbocycles. The lowest BCUT2D eigenvalue weighted by molar-refractivity contribution is 0.327. The molecule has 1 nitrogen and oxygen atoms in total. The SMILES string of the molecule is CCO[Si](C)(C)CCCCCCCCCCCCl. The Balaban J connectivity index is 3.16. The summed E-state index contributed by atoms with van der Waals surface area (Å²) < 4.78 is 5.84. The fourth-order valence-electron chi connectivity index (χ4n) is 2.35. The van der Waals surface area contributed by atoms with Crippen molar-refractivity contribution in [2.75, 3.05) is 12.5 Å². The molecule has 0 fully saturated rings. The van der Waals surface area contributed by atoms with Crippen molar-refractivity contribution in [3.8, 4) is 0 Å². The van der Waals surface area contributed by atoms with Gasteiger partial charge in [0.25, 0.3) is 0 Å². The Morgan fingerprint density at radius 2 is 1.22 bits per heavy atom. The van der Waals surface area contributed by atoms with Crippen LogP contribution in [0.15, 0.2) is 0 Å². The van der Waals surface area contributed by atoms with Crippen molar-refractivity contribution in [1.82, 2.24) is 0 Å². The van der Waals surface area contributed by atoms with E-state index in [-0.39, 0.29) is 0 Å². The number of halogens is 1. The molecule has 0 atom stereocenters. The minimum atomic E-state index is -1.31. The van der Waals surface area contributed by atoms with Crippen LogP contribution in [0.25, 0.3) is 0 Å². The van der Waals surface area contributed by atoms with Gasteiger partial charge < -0.3 is 4.43 Å². The van der Waals surface area contributed by atoms with Crippen molar-refractivity contribution in [1.29, 1.82) is 0 Å². The lowest BCUT2D eigenvalue weighted by Crippen LogP contribution is -2.29. The predicted molar refractivity (Wildman–Crippen MR) is 86.2 cm³/mol. The highest BCUT2D eigenvalue weighted by Crippen LogP contribution is 2.17. The lowest BCUT2D eigenvalue weighted by atomic mass is 10.1. The maximum Gasteiger partial charge on any atom is 0.186 e. The van der Waals surface area contributed by atoms with Gasteiger partial charge in [0.2, 0.25) is 0 Å². The van der Waals surface area contributed by atoms with E-state index in [2.05, 4.69) is 20.0 Å². The average molecular weight is 293 g/mol. The van der Waals surface area contributed by atoms with Crippen molar-refractivity contribution >= 4 is 19.9 Å². The van der Waals surface area contributed by atoms with Crippen LogP contribution in [0.4, 0.5) is 0 Å². The number of rotatable bonds is 13. The van der Waals surface area contributed by atoms with Gasteiger partial charge in [-0.05, 0) is 32.5 Å². The summed E-state index contributed by atoms with van der Waals surface area (Å²) in [5.74, 6) is 0.833. The third kappa shape index (κ3) is 12.9. The van der Waals surface area contributed by atoms with E-state index in [0.29, 0.717) is 0 Å². The number of hydrogen-bond donors (Lipinski definition) is 0. The van der Waals surface area contributed by atoms with E-state index >= 15 is 0 Å². The number of hydrogen-bond acceptors (Lipinski definition) is 1. The van der Waals surface area contributed by atoms with Gasteiger partial charge in [-0.15, -0.1) is 11.6 Å². The zero-order valence-electron chi connectivity index (χ0n) is 12.8. The summed E-state index contributed by atoms with van der Waals surface area (Å²) in [6.45, 7) is 7.68. The molecule has 110 valence electrons. The Kier molecular flexibility index (Phi) is 12.8. The van der Waals surface area contributed by atoms with E-state index in [0.717, 1.165) is 12.5 Å². The van der Waals surface area contributed by atoms with Crippen molar-refractivity contribution in [3.63, 3.8) is 0 Å². The van der Waals surface area contributed by atoms with Crippen LogP contribution in [0.3, 0.4) is 0 Å². The molecule has 0 amide bonds. The summed E-state index contributed by atoms with van der Waals surface area (Å²) in [5, 5.41) is 0. The maximum atomic E-state index is 5.84. The smallest absolute Gasteiger partial charge is 0.186 e. The molecule has 0 aromatic rings. The molecular formula is C15H33ClOSi. The van der Waals surface area contributed by atoms with E-state index in [1.807, 2.05) is 0 Å². The van der Waals surface area contributed by atoms with Crippen LogP contribution in [0, 0.1) is 0 Å². The van der Waals surface area contributed by atoms with Crippen LogP contribution in [0.1, 0.15) is 64.7 Å². The standard InChI is InChI=1S/C15H33ClOSi/c1-4-17-18(2,3)15-13-11-9-7-5-6-8-10-12-14-16/h4-15H2,1-3H3. The van der Waals surface area contributed by atoms with E-state index in [1.165, 1.54) is 63.8 Å².